The highest BCUT2D eigenvalue weighted by atomic mass is 16.3. The molecule has 0 bridgehead atoms. The van der Waals surface area contributed by atoms with Crippen LogP contribution in [0.15, 0.2) is 35.5 Å². The molecule has 0 saturated heterocycles. The Labute approximate surface area is 196 Å². The molecule has 3 nitrogen and oxygen atoms in total. The Bertz CT molecular complexity index is 742. The Morgan fingerprint density at radius 3 is 2.53 bits per heavy atom. The second-order valence-corrected chi connectivity index (χ2v) is 12.2. The van der Waals surface area contributed by atoms with Gasteiger partial charge in [-0.05, 0) is 86.7 Å². The molecule has 0 aliphatic heterocycles. The van der Waals surface area contributed by atoms with Crippen LogP contribution in [0.2, 0.25) is 0 Å². The van der Waals surface area contributed by atoms with Crippen molar-refractivity contribution in [1.82, 2.24) is 0 Å². The van der Waals surface area contributed by atoms with E-state index in [2.05, 4.69) is 39.5 Å². The van der Waals surface area contributed by atoms with Gasteiger partial charge in [0.25, 0.3) is 0 Å². The van der Waals surface area contributed by atoms with Crippen molar-refractivity contribution in [3.8, 4) is 0 Å². The summed E-state index contributed by atoms with van der Waals surface area (Å²) in [4.78, 5) is 0. The summed E-state index contributed by atoms with van der Waals surface area (Å²) in [5.74, 6) is 1.90. The van der Waals surface area contributed by atoms with Gasteiger partial charge in [0.1, 0.15) is 0 Å². The molecule has 0 aromatic carbocycles. The molecular formula is C29H48O3. The summed E-state index contributed by atoms with van der Waals surface area (Å²) in [5, 5.41) is 31.2. The van der Waals surface area contributed by atoms with Gasteiger partial charge in [-0.25, -0.2) is 0 Å². The highest BCUT2D eigenvalue weighted by Crippen LogP contribution is 2.60. The molecule has 182 valence electrons. The third-order valence-electron chi connectivity index (χ3n) is 9.42. The lowest BCUT2D eigenvalue weighted by molar-refractivity contribution is 0.00225. The van der Waals surface area contributed by atoms with E-state index in [9.17, 15) is 15.3 Å². The van der Waals surface area contributed by atoms with Gasteiger partial charge in [-0.1, -0.05) is 64.8 Å². The predicted octanol–water partition coefficient (Wildman–Crippen LogP) is 6.20. The second kappa shape index (κ2) is 9.76. The fourth-order valence-electron chi connectivity index (χ4n) is 7.33. The monoisotopic (exact) mass is 444 g/mol. The lowest BCUT2D eigenvalue weighted by atomic mass is 9.60. The lowest BCUT2D eigenvalue weighted by Gasteiger charge is -2.44. The molecule has 3 N–H and O–H groups in total. The zero-order chi connectivity index (χ0) is 23.8. The summed E-state index contributed by atoms with van der Waals surface area (Å²) in [6.07, 6.45) is 12.7. The molecule has 0 aromatic rings. The van der Waals surface area contributed by atoms with Crippen LogP contribution in [0.1, 0.15) is 92.9 Å². The van der Waals surface area contributed by atoms with Crippen molar-refractivity contribution in [2.24, 2.45) is 35.0 Å². The number of aliphatic hydroxyl groups excluding tert-OH is 2. The molecule has 0 spiro atoms. The Morgan fingerprint density at radius 1 is 1.19 bits per heavy atom. The largest absolute Gasteiger partial charge is 0.392 e. The van der Waals surface area contributed by atoms with Crippen molar-refractivity contribution >= 4 is 0 Å². The quantitative estimate of drug-likeness (QED) is 0.457. The van der Waals surface area contributed by atoms with E-state index in [4.69, 9.17) is 0 Å². The summed E-state index contributed by atoms with van der Waals surface area (Å²) in [7, 11) is 0. The molecule has 3 aliphatic rings. The molecule has 0 aromatic heterocycles. The first-order valence-electron chi connectivity index (χ1n) is 13.0. The molecule has 0 amide bonds. The third kappa shape index (κ3) is 5.10. The Kier molecular flexibility index (Phi) is 7.85. The van der Waals surface area contributed by atoms with Crippen LogP contribution in [0.4, 0.5) is 0 Å². The minimum Gasteiger partial charge on any atom is -0.392 e. The molecule has 3 rings (SSSR count). The Hall–Kier alpha value is -0.900. The molecule has 3 fully saturated rings. The Morgan fingerprint density at radius 2 is 1.88 bits per heavy atom. The number of rotatable bonds is 6. The fraction of sp³-hybridized carbons (Fsp3) is 0.793. The number of allylic oxidation sites excluding steroid dienone is 3. The van der Waals surface area contributed by atoms with Gasteiger partial charge in [0.05, 0.1) is 17.8 Å². The fourth-order valence-corrected chi connectivity index (χ4v) is 7.33. The maximum absolute atomic E-state index is 10.6. The zero-order valence-corrected chi connectivity index (χ0v) is 21.4. The predicted molar refractivity (Wildman–Crippen MR) is 133 cm³/mol. The molecule has 3 aliphatic carbocycles. The van der Waals surface area contributed by atoms with Crippen molar-refractivity contribution < 1.29 is 15.3 Å². The van der Waals surface area contributed by atoms with E-state index in [1.165, 1.54) is 32.1 Å². The highest BCUT2D eigenvalue weighted by molar-refractivity contribution is 5.41. The molecule has 8 atom stereocenters. The summed E-state index contributed by atoms with van der Waals surface area (Å²) in [5.41, 5.74) is 3.14. The van der Waals surface area contributed by atoms with Gasteiger partial charge in [0, 0.05) is 11.8 Å². The van der Waals surface area contributed by atoms with Crippen LogP contribution in [0, 0.1) is 35.0 Å². The smallest absolute Gasteiger partial charge is 0.0837 e. The molecular weight excluding hydrogens is 396 g/mol. The first kappa shape index (κ1) is 25.7. The van der Waals surface area contributed by atoms with Gasteiger partial charge in [-0.3, -0.25) is 0 Å². The van der Waals surface area contributed by atoms with Crippen molar-refractivity contribution in [1.29, 1.82) is 0 Å². The van der Waals surface area contributed by atoms with Gasteiger partial charge < -0.3 is 15.3 Å². The third-order valence-corrected chi connectivity index (χ3v) is 9.42. The van der Waals surface area contributed by atoms with Gasteiger partial charge in [-0.2, -0.15) is 0 Å². The van der Waals surface area contributed by atoms with Gasteiger partial charge in [0.2, 0.25) is 0 Å². The summed E-state index contributed by atoms with van der Waals surface area (Å²) in [6.45, 7) is 16.9. The van der Waals surface area contributed by atoms with Crippen LogP contribution in [0.3, 0.4) is 0 Å². The van der Waals surface area contributed by atoms with E-state index in [0.717, 1.165) is 36.3 Å². The number of hydrogen-bond donors (Lipinski definition) is 3. The summed E-state index contributed by atoms with van der Waals surface area (Å²) < 4.78 is 0. The van der Waals surface area contributed by atoms with Crippen molar-refractivity contribution in [2.75, 3.05) is 0 Å². The zero-order valence-electron chi connectivity index (χ0n) is 21.4. The minimum atomic E-state index is -0.664. The summed E-state index contributed by atoms with van der Waals surface area (Å²) in [6, 6.07) is 0. The average Bonchev–Trinajstić information content (AvgIpc) is 3.07. The molecule has 0 unspecified atom stereocenters. The first-order valence-corrected chi connectivity index (χ1v) is 13.0. The van der Waals surface area contributed by atoms with E-state index in [0.29, 0.717) is 17.3 Å². The van der Waals surface area contributed by atoms with E-state index in [-0.39, 0.29) is 11.8 Å². The molecule has 3 heteroatoms. The van der Waals surface area contributed by atoms with Gasteiger partial charge in [-0.15, -0.1) is 0 Å². The van der Waals surface area contributed by atoms with Crippen LogP contribution in [0.25, 0.3) is 0 Å². The summed E-state index contributed by atoms with van der Waals surface area (Å²) >= 11 is 0. The second-order valence-electron chi connectivity index (χ2n) is 12.2. The van der Waals surface area contributed by atoms with Crippen molar-refractivity contribution in [3.05, 3.63) is 35.5 Å². The molecule has 32 heavy (non-hydrogen) atoms. The van der Waals surface area contributed by atoms with E-state index in [1.807, 2.05) is 20.8 Å². The van der Waals surface area contributed by atoms with E-state index < -0.39 is 17.8 Å². The topological polar surface area (TPSA) is 60.7 Å². The minimum absolute atomic E-state index is 0.000140. The lowest BCUT2D eigenvalue weighted by Crippen LogP contribution is -2.42. The van der Waals surface area contributed by atoms with Crippen LogP contribution >= 0.6 is 0 Å². The van der Waals surface area contributed by atoms with Crippen molar-refractivity contribution in [3.63, 3.8) is 0 Å². The van der Waals surface area contributed by atoms with E-state index in [1.54, 1.807) is 5.57 Å². The van der Waals surface area contributed by atoms with E-state index >= 15 is 0 Å². The van der Waals surface area contributed by atoms with Gasteiger partial charge >= 0.3 is 0 Å². The molecule has 0 radical (unpaired) electrons. The average molecular weight is 445 g/mol. The standard InChI is InChI=1S/C29H48O3/c1-18(10-8-16-28(5,6)32)24-14-15-25-22(11-9-17-29(24,25)7)12-13-23-19(2)26(30)21(4)27(31)20(23)3/h12-13,18,20-21,24-27,30-32H,2,8-11,14-17H2,1,3-7H3/b22-12+,23-13+/t18-,20-,21+,24-,25+,26-,27-,29-/m1/s1. The maximum Gasteiger partial charge on any atom is 0.0837 e. The first-order chi connectivity index (χ1) is 14.9. The van der Waals surface area contributed by atoms with Crippen LogP contribution in [-0.2, 0) is 0 Å². The van der Waals surface area contributed by atoms with Crippen LogP contribution in [-0.4, -0.2) is 33.1 Å². The normalized spacial score (nSPS) is 41.8. The number of hydrogen-bond acceptors (Lipinski definition) is 3. The number of aliphatic hydroxyl groups is 3. The molecule has 3 saturated carbocycles. The maximum atomic E-state index is 10.6. The van der Waals surface area contributed by atoms with Crippen LogP contribution in [0.5, 0.6) is 0 Å². The highest BCUT2D eigenvalue weighted by Gasteiger charge is 2.50. The Balaban J connectivity index is 1.75. The van der Waals surface area contributed by atoms with Gasteiger partial charge in [0.15, 0.2) is 0 Å². The number of fused-ring (bicyclic) bond motifs is 1. The SMILES string of the molecule is C=C1/C(=C\C=C2/CCC[C@]3(C)[C@@H]([C@H](C)CCCC(C)(C)O)CC[C@@H]23)[C@@H](C)[C@@H](O)[C@@H](C)[C@@H]1O. The molecule has 0 heterocycles. The van der Waals surface area contributed by atoms with Crippen molar-refractivity contribution in [2.45, 2.75) is 111 Å². The van der Waals surface area contributed by atoms with Crippen LogP contribution < -0.4 is 0 Å².